The van der Waals surface area contributed by atoms with E-state index in [-0.39, 0.29) is 11.6 Å². The average Bonchev–Trinajstić information content (AvgIpc) is 2.39. The van der Waals surface area contributed by atoms with Crippen LogP contribution < -0.4 is 10.6 Å². The van der Waals surface area contributed by atoms with Gasteiger partial charge in [0.05, 0.1) is 4.47 Å². The Morgan fingerprint density at radius 2 is 1.81 bits per heavy atom. The number of carbonyl (C=O) groups excluding carboxylic acids is 1. The molecule has 0 spiro atoms. The summed E-state index contributed by atoms with van der Waals surface area (Å²) in [5.74, 6) is 3.08. The summed E-state index contributed by atoms with van der Waals surface area (Å²) in [5, 5.41) is 6.17. The van der Waals surface area contributed by atoms with Gasteiger partial charge in [0.1, 0.15) is 5.82 Å². The monoisotopic (exact) mass is 349 g/mol. The third-order valence-electron chi connectivity index (χ3n) is 5.41. The molecule has 0 aliphatic heterocycles. The van der Waals surface area contributed by atoms with Crippen LogP contribution in [0.3, 0.4) is 0 Å². The molecule has 112 valence electrons. The van der Waals surface area contributed by atoms with E-state index < -0.39 is 0 Å². The van der Waals surface area contributed by atoms with Gasteiger partial charge in [-0.05, 0) is 84.3 Å². The summed E-state index contributed by atoms with van der Waals surface area (Å²) in [4.78, 5) is 16.6. The average molecular weight is 350 g/mol. The van der Waals surface area contributed by atoms with Gasteiger partial charge >= 0.3 is 6.03 Å². The van der Waals surface area contributed by atoms with Gasteiger partial charge in [-0.15, -0.1) is 0 Å². The number of anilines is 1. The van der Waals surface area contributed by atoms with Gasteiger partial charge in [-0.3, -0.25) is 5.32 Å². The zero-order valence-electron chi connectivity index (χ0n) is 11.9. The summed E-state index contributed by atoms with van der Waals surface area (Å²) in [6, 6.07) is 3.61. The minimum atomic E-state index is -0.114. The second kappa shape index (κ2) is 4.97. The molecule has 0 saturated heterocycles. The maximum Gasteiger partial charge on any atom is 0.320 e. The molecule has 4 bridgehead atoms. The largest absolute Gasteiger partial charge is 0.332 e. The van der Waals surface area contributed by atoms with Crippen molar-refractivity contribution >= 4 is 27.8 Å². The molecule has 0 radical (unpaired) electrons. The first-order chi connectivity index (χ1) is 10.1. The molecular weight excluding hydrogens is 330 g/mol. The summed E-state index contributed by atoms with van der Waals surface area (Å²) in [7, 11) is 0. The van der Waals surface area contributed by atoms with Crippen molar-refractivity contribution in [1.29, 1.82) is 0 Å². The fourth-order valence-corrected chi connectivity index (χ4v) is 5.48. The molecule has 1 aromatic rings. The van der Waals surface area contributed by atoms with Gasteiger partial charge in [-0.25, -0.2) is 9.78 Å². The number of nitrogens with one attached hydrogen (secondary N) is 2. The zero-order chi connectivity index (χ0) is 14.4. The highest BCUT2D eigenvalue weighted by Crippen LogP contribution is 2.55. The number of halogens is 1. The van der Waals surface area contributed by atoms with Crippen LogP contribution in [0.1, 0.15) is 38.5 Å². The first-order valence-electron chi connectivity index (χ1n) is 7.82. The summed E-state index contributed by atoms with van der Waals surface area (Å²) < 4.78 is 0.811. The molecule has 4 nitrogen and oxygen atoms in total. The first kappa shape index (κ1) is 13.6. The highest BCUT2D eigenvalue weighted by Gasteiger charge is 2.51. The second-order valence-electron chi connectivity index (χ2n) is 7.11. The molecule has 4 aliphatic rings. The van der Waals surface area contributed by atoms with E-state index in [1.165, 1.54) is 19.3 Å². The lowest BCUT2D eigenvalue weighted by Gasteiger charge is -2.56. The second-order valence-corrected chi connectivity index (χ2v) is 7.97. The van der Waals surface area contributed by atoms with Crippen LogP contribution in [-0.2, 0) is 0 Å². The number of amides is 2. The van der Waals surface area contributed by atoms with E-state index in [9.17, 15) is 4.79 Å². The van der Waals surface area contributed by atoms with E-state index in [0.29, 0.717) is 5.82 Å². The van der Waals surface area contributed by atoms with E-state index in [1.54, 1.807) is 6.20 Å². The van der Waals surface area contributed by atoms with Crippen LogP contribution in [0, 0.1) is 17.8 Å². The lowest BCUT2D eigenvalue weighted by molar-refractivity contribution is -0.0127. The number of carbonyl (C=O) groups is 1. The minimum Gasteiger partial charge on any atom is -0.332 e. The molecule has 4 aliphatic carbocycles. The van der Waals surface area contributed by atoms with E-state index >= 15 is 0 Å². The van der Waals surface area contributed by atoms with Gasteiger partial charge < -0.3 is 5.32 Å². The Bertz CT molecular complexity index is 539. The molecule has 2 amide bonds. The van der Waals surface area contributed by atoms with Crippen molar-refractivity contribution < 1.29 is 4.79 Å². The van der Waals surface area contributed by atoms with Crippen molar-refractivity contribution in [1.82, 2.24) is 10.3 Å². The Balaban J connectivity index is 1.46. The molecule has 4 saturated carbocycles. The molecule has 5 rings (SSSR count). The standard InChI is InChI=1S/C16H20BrN3O/c17-13-2-1-3-18-14(13)19-15(21)20-16-7-10-4-11(8-16)6-12(5-10)9-16/h1-3,10-12H,4-9H2,(H2,18,19,20,21). The zero-order valence-corrected chi connectivity index (χ0v) is 13.5. The first-order valence-corrected chi connectivity index (χ1v) is 8.61. The van der Waals surface area contributed by atoms with Crippen LogP contribution in [0.4, 0.5) is 10.6 Å². The van der Waals surface area contributed by atoms with Crippen LogP contribution in [0.2, 0.25) is 0 Å². The van der Waals surface area contributed by atoms with Crippen molar-refractivity contribution in [3.63, 3.8) is 0 Å². The Morgan fingerprint density at radius 3 is 2.38 bits per heavy atom. The molecule has 5 heteroatoms. The summed E-state index contributed by atoms with van der Waals surface area (Å²) in [6.07, 6.45) is 9.32. The van der Waals surface area contributed by atoms with Crippen molar-refractivity contribution in [2.75, 3.05) is 5.32 Å². The minimum absolute atomic E-state index is 0.0418. The number of rotatable bonds is 2. The van der Waals surface area contributed by atoms with Gasteiger partial charge in [0.15, 0.2) is 0 Å². The highest BCUT2D eigenvalue weighted by molar-refractivity contribution is 9.10. The Kier molecular flexibility index (Phi) is 3.21. The topological polar surface area (TPSA) is 54.0 Å². The Labute approximate surface area is 133 Å². The SMILES string of the molecule is O=C(Nc1ncccc1Br)NC12CC3CC(CC(C3)C1)C2. The van der Waals surface area contributed by atoms with Gasteiger partial charge in [0.2, 0.25) is 0 Å². The molecular formula is C16H20BrN3O. The van der Waals surface area contributed by atoms with Crippen molar-refractivity contribution in [3.05, 3.63) is 22.8 Å². The molecule has 0 atom stereocenters. The smallest absolute Gasteiger partial charge is 0.320 e. The van der Waals surface area contributed by atoms with Gasteiger partial charge in [0.25, 0.3) is 0 Å². The van der Waals surface area contributed by atoms with E-state index in [1.807, 2.05) is 12.1 Å². The normalized spacial score (nSPS) is 36.5. The highest BCUT2D eigenvalue weighted by atomic mass is 79.9. The molecule has 0 unspecified atom stereocenters. The van der Waals surface area contributed by atoms with Crippen LogP contribution in [0.5, 0.6) is 0 Å². The van der Waals surface area contributed by atoms with Gasteiger partial charge in [0, 0.05) is 11.7 Å². The van der Waals surface area contributed by atoms with E-state index in [4.69, 9.17) is 0 Å². The van der Waals surface area contributed by atoms with Crippen LogP contribution in [-0.4, -0.2) is 16.6 Å². The third-order valence-corrected chi connectivity index (χ3v) is 6.05. The predicted octanol–water partition coefficient (Wildman–Crippen LogP) is 3.93. The molecule has 0 aromatic carbocycles. The lowest BCUT2D eigenvalue weighted by atomic mass is 9.53. The molecule has 2 N–H and O–H groups in total. The maximum absolute atomic E-state index is 12.4. The number of urea groups is 1. The summed E-state index contributed by atoms with van der Waals surface area (Å²) in [6.45, 7) is 0. The van der Waals surface area contributed by atoms with Gasteiger partial charge in [-0.1, -0.05) is 0 Å². The van der Waals surface area contributed by atoms with Crippen LogP contribution in [0.25, 0.3) is 0 Å². The summed E-state index contributed by atoms with van der Waals surface area (Å²) >= 11 is 3.41. The third kappa shape index (κ3) is 2.56. The fraction of sp³-hybridized carbons (Fsp3) is 0.625. The lowest BCUT2D eigenvalue weighted by Crippen LogP contribution is -2.60. The van der Waals surface area contributed by atoms with Crippen molar-refractivity contribution in [3.8, 4) is 0 Å². The van der Waals surface area contributed by atoms with Crippen molar-refractivity contribution in [2.45, 2.75) is 44.1 Å². The number of hydrogen-bond acceptors (Lipinski definition) is 2. The number of nitrogens with zero attached hydrogens (tertiary/aromatic N) is 1. The Morgan fingerprint density at radius 1 is 1.19 bits per heavy atom. The molecule has 1 aromatic heterocycles. The predicted molar refractivity (Wildman–Crippen MR) is 85.0 cm³/mol. The van der Waals surface area contributed by atoms with Crippen LogP contribution >= 0.6 is 15.9 Å². The number of pyridine rings is 1. The van der Waals surface area contributed by atoms with Crippen molar-refractivity contribution in [2.24, 2.45) is 17.8 Å². The van der Waals surface area contributed by atoms with E-state index in [2.05, 4.69) is 31.5 Å². The summed E-state index contributed by atoms with van der Waals surface area (Å²) in [5.41, 5.74) is 0.0418. The quantitative estimate of drug-likeness (QED) is 0.849. The number of aromatic nitrogens is 1. The Hall–Kier alpha value is -1.10. The van der Waals surface area contributed by atoms with Crippen LogP contribution in [0.15, 0.2) is 22.8 Å². The van der Waals surface area contributed by atoms with E-state index in [0.717, 1.165) is 41.5 Å². The molecule has 4 fully saturated rings. The molecule has 21 heavy (non-hydrogen) atoms. The number of hydrogen-bond donors (Lipinski definition) is 2. The molecule has 1 heterocycles. The van der Waals surface area contributed by atoms with Gasteiger partial charge in [-0.2, -0.15) is 0 Å². The maximum atomic E-state index is 12.4. The fourth-order valence-electron chi connectivity index (χ4n) is 5.12.